The summed E-state index contributed by atoms with van der Waals surface area (Å²) >= 11 is 0. The molecule has 0 fully saturated rings. The molecule has 0 radical (unpaired) electrons. The minimum absolute atomic E-state index is 0.378. The second-order valence-corrected chi connectivity index (χ2v) is 8.53. The van der Waals surface area contributed by atoms with Crippen molar-refractivity contribution in [3.63, 3.8) is 0 Å². The van der Waals surface area contributed by atoms with Crippen LogP contribution in [0.15, 0.2) is 60.9 Å². The van der Waals surface area contributed by atoms with Crippen molar-refractivity contribution in [1.82, 2.24) is 25.0 Å². The van der Waals surface area contributed by atoms with Gasteiger partial charge in [-0.1, -0.05) is 29.5 Å². The van der Waals surface area contributed by atoms with Gasteiger partial charge in [-0.05, 0) is 46.3 Å². The van der Waals surface area contributed by atoms with Crippen molar-refractivity contribution in [2.75, 3.05) is 25.7 Å². The highest BCUT2D eigenvalue weighted by atomic mass is 16.5. The number of fused-ring (bicyclic) bond motifs is 1. The fourth-order valence-corrected chi connectivity index (χ4v) is 4.43. The standard InChI is InChI=1S/C27H27N7O2/c1-34-23(15-31-33-34)25-20(12-16-4-8-18(35-2)9-5-16)24-21(13-17-6-10-19(36-3)11-7-17)26(28)30-14-22(24)27(29)32-25/h4-11,14-15H,12-13H2,1-3H3,(H2,28,30)(H2,29,32). The lowest BCUT2D eigenvalue weighted by Gasteiger charge is -2.18. The smallest absolute Gasteiger partial charge is 0.133 e. The number of nitrogen functional groups attached to an aromatic ring is 2. The number of aromatic nitrogens is 5. The molecule has 3 heterocycles. The number of nitrogens with zero attached hydrogens (tertiary/aromatic N) is 5. The minimum atomic E-state index is 0.378. The zero-order valence-corrected chi connectivity index (χ0v) is 20.4. The molecule has 3 aromatic heterocycles. The first-order chi connectivity index (χ1) is 17.5. The van der Waals surface area contributed by atoms with E-state index in [-0.39, 0.29) is 0 Å². The maximum Gasteiger partial charge on any atom is 0.133 e. The fourth-order valence-electron chi connectivity index (χ4n) is 4.43. The van der Waals surface area contributed by atoms with Gasteiger partial charge in [-0.15, -0.1) is 5.10 Å². The molecule has 0 saturated heterocycles. The molecule has 0 unspecified atom stereocenters. The molecule has 0 aliphatic rings. The largest absolute Gasteiger partial charge is 0.497 e. The van der Waals surface area contributed by atoms with Gasteiger partial charge in [0.25, 0.3) is 0 Å². The molecular weight excluding hydrogens is 454 g/mol. The first kappa shape index (κ1) is 23.1. The van der Waals surface area contributed by atoms with Gasteiger partial charge < -0.3 is 20.9 Å². The molecule has 9 nitrogen and oxygen atoms in total. The number of nitrogens with two attached hydrogens (primary N) is 2. The van der Waals surface area contributed by atoms with E-state index in [9.17, 15) is 0 Å². The van der Waals surface area contributed by atoms with Crippen LogP contribution in [-0.2, 0) is 19.9 Å². The van der Waals surface area contributed by atoms with Gasteiger partial charge in [0.15, 0.2) is 0 Å². The lowest BCUT2D eigenvalue weighted by Crippen LogP contribution is -2.09. The second kappa shape index (κ2) is 9.53. The van der Waals surface area contributed by atoms with Gasteiger partial charge in [0.05, 0.1) is 26.1 Å². The van der Waals surface area contributed by atoms with Crippen LogP contribution >= 0.6 is 0 Å². The summed E-state index contributed by atoms with van der Waals surface area (Å²) in [6.45, 7) is 0. The zero-order chi connectivity index (χ0) is 25.2. The van der Waals surface area contributed by atoms with Crippen LogP contribution in [0.1, 0.15) is 22.3 Å². The van der Waals surface area contributed by atoms with E-state index in [1.807, 2.05) is 55.6 Å². The van der Waals surface area contributed by atoms with Crippen LogP contribution in [0.4, 0.5) is 11.6 Å². The Balaban J connectivity index is 1.75. The van der Waals surface area contributed by atoms with E-state index in [1.165, 1.54) is 0 Å². The summed E-state index contributed by atoms with van der Waals surface area (Å²) in [5.41, 5.74) is 18.5. The molecule has 0 aliphatic heterocycles. The third kappa shape index (κ3) is 4.26. The molecule has 0 aliphatic carbocycles. The molecule has 0 spiro atoms. The van der Waals surface area contributed by atoms with E-state index in [0.29, 0.717) is 30.2 Å². The Morgan fingerprint density at radius 3 is 1.89 bits per heavy atom. The van der Waals surface area contributed by atoms with Gasteiger partial charge in [0.1, 0.15) is 28.8 Å². The van der Waals surface area contributed by atoms with Crippen LogP contribution in [0.25, 0.3) is 22.2 Å². The number of anilines is 2. The Morgan fingerprint density at radius 2 is 1.36 bits per heavy atom. The number of hydrogen-bond donors (Lipinski definition) is 2. The van der Waals surface area contributed by atoms with E-state index in [0.717, 1.165) is 50.2 Å². The monoisotopic (exact) mass is 481 g/mol. The SMILES string of the molecule is COc1ccc(Cc2c(N)ncc3c(N)nc(-c4cnnn4C)c(Cc4ccc(OC)cc4)c23)cc1. The van der Waals surface area contributed by atoms with Crippen LogP contribution in [-0.4, -0.2) is 39.2 Å². The van der Waals surface area contributed by atoms with Crippen molar-refractivity contribution in [3.8, 4) is 22.9 Å². The number of aryl methyl sites for hydroxylation is 1. The van der Waals surface area contributed by atoms with Gasteiger partial charge in [0.2, 0.25) is 0 Å². The molecule has 4 N–H and O–H groups in total. The quantitative estimate of drug-likeness (QED) is 0.359. The Kier molecular flexibility index (Phi) is 6.12. The molecule has 36 heavy (non-hydrogen) atoms. The lowest BCUT2D eigenvalue weighted by atomic mass is 9.91. The topological polar surface area (TPSA) is 127 Å². The van der Waals surface area contributed by atoms with Crippen molar-refractivity contribution in [2.45, 2.75) is 12.8 Å². The van der Waals surface area contributed by atoms with Crippen LogP contribution in [0.5, 0.6) is 11.5 Å². The first-order valence-electron chi connectivity index (χ1n) is 11.4. The summed E-state index contributed by atoms with van der Waals surface area (Å²) in [5, 5.41) is 9.89. The summed E-state index contributed by atoms with van der Waals surface area (Å²) in [5.74, 6) is 2.42. The van der Waals surface area contributed by atoms with Gasteiger partial charge in [0, 0.05) is 37.0 Å². The molecule has 2 aromatic carbocycles. The second-order valence-electron chi connectivity index (χ2n) is 8.53. The van der Waals surface area contributed by atoms with Gasteiger partial charge in [-0.3, -0.25) is 0 Å². The third-order valence-electron chi connectivity index (χ3n) is 6.35. The van der Waals surface area contributed by atoms with Gasteiger partial charge in [-0.25, -0.2) is 14.6 Å². The predicted octanol–water partition coefficient (Wildman–Crippen LogP) is 3.79. The van der Waals surface area contributed by atoms with Gasteiger partial charge >= 0.3 is 0 Å². The van der Waals surface area contributed by atoms with Crippen LogP contribution < -0.4 is 20.9 Å². The van der Waals surface area contributed by atoms with Crippen LogP contribution in [0.3, 0.4) is 0 Å². The maximum absolute atomic E-state index is 6.50. The van der Waals surface area contributed by atoms with Gasteiger partial charge in [-0.2, -0.15) is 0 Å². The lowest BCUT2D eigenvalue weighted by molar-refractivity contribution is 0.414. The van der Waals surface area contributed by atoms with Crippen molar-refractivity contribution >= 4 is 22.4 Å². The van der Waals surface area contributed by atoms with E-state index in [2.05, 4.69) is 15.3 Å². The maximum atomic E-state index is 6.50. The van der Waals surface area contributed by atoms with Crippen molar-refractivity contribution < 1.29 is 9.47 Å². The normalized spacial score (nSPS) is 11.1. The summed E-state index contributed by atoms with van der Waals surface area (Å²) in [6.07, 6.45) is 4.56. The third-order valence-corrected chi connectivity index (χ3v) is 6.35. The molecule has 182 valence electrons. The highest BCUT2D eigenvalue weighted by Gasteiger charge is 2.22. The number of ether oxygens (including phenoxy) is 2. The first-order valence-corrected chi connectivity index (χ1v) is 11.4. The summed E-state index contributed by atoms with van der Waals surface area (Å²) in [6, 6.07) is 15.9. The zero-order valence-electron chi connectivity index (χ0n) is 20.4. The van der Waals surface area contributed by atoms with E-state index in [1.54, 1.807) is 31.3 Å². The predicted molar refractivity (Wildman–Crippen MR) is 140 cm³/mol. The number of pyridine rings is 2. The van der Waals surface area contributed by atoms with Crippen molar-refractivity contribution in [1.29, 1.82) is 0 Å². The molecule has 9 heteroatoms. The van der Waals surface area contributed by atoms with E-state index in [4.69, 9.17) is 25.9 Å². The molecular formula is C27H27N7O2. The number of rotatable bonds is 7. The Hall–Kier alpha value is -4.66. The molecule has 0 atom stereocenters. The van der Waals surface area contributed by atoms with E-state index >= 15 is 0 Å². The average molecular weight is 482 g/mol. The fraction of sp³-hybridized carbons (Fsp3) is 0.185. The van der Waals surface area contributed by atoms with E-state index < -0.39 is 0 Å². The summed E-state index contributed by atoms with van der Waals surface area (Å²) < 4.78 is 12.3. The van der Waals surface area contributed by atoms with Crippen molar-refractivity contribution in [2.24, 2.45) is 7.05 Å². The molecule has 5 rings (SSSR count). The highest BCUT2D eigenvalue weighted by molar-refractivity contribution is 6.00. The van der Waals surface area contributed by atoms with Crippen molar-refractivity contribution in [3.05, 3.63) is 83.2 Å². The molecule has 0 saturated carbocycles. The highest BCUT2D eigenvalue weighted by Crippen LogP contribution is 2.37. The molecule has 0 amide bonds. The Bertz CT molecular complexity index is 1530. The average Bonchev–Trinajstić information content (AvgIpc) is 3.33. The van der Waals surface area contributed by atoms with Crippen LogP contribution in [0, 0.1) is 0 Å². The Morgan fingerprint density at radius 1 is 0.778 bits per heavy atom. The summed E-state index contributed by atoms with van der Waals surface area (Å²) in [7, 11) is 5.14. The number of methoxy groups -OCH3 is 2. The molecule has 5 aromatic rings. The number of hydrogen-bond acceptors (Lipinski definition) is 8. The molecule has 0 bridgehead atoms. The number of benzene rings is 2. The van der Waals surface area contributed by atoms with Crippen LogP contribution in [0.2, 0.25) is 0 Å². The minimum Gasteiger partial charge on any atom is -0.497 e. The Labute approximate surface area is 208 Å². The summed E-state index contributed by atoms with van der Waals surface area (Å²) in [4.78, 5) is 9.26.